The summed E-state index contributed by atoms with van der Waals surface area (Å²) in [5, 5.41) is 24.7. The molecule has 0 saturated heterocycles. The van der Waals surface area contributed by atoms with Crippen LogP contribution in [0.2, 0.25) is 0 Å². The van der Waals surface area contributed by atoms with Gasteiger partial charge in [0.05, 0.1) is 41.5 Å². The third kappa shape index (κ3) is 6.60. The quantitative estimate of drug-likeness (QED) is 0.243. The van der Waals surface area contributed by atoms with Crippen LogP contribution in [0, 0.1) is 11.3 Å². The highest BCUT2D eigenvalue weighted by Gasteiger charge is 2.32. The predicted octanol–water partition coefficient (Wildman–Crippen LogP) is 3.25. The van der Waals surface area contributed by atoms with Crippen LogP contribution < -0.4 is 11.2 Å². The zero-order valence-electron chi connectivity index (χ0n) is 18.7. The number of hydrogen-bond acceptors (Lipinski definition) is 9. The maximum atomic E-state index is 12.9. The number of carboxylic acids is 1. The van der Waals surface area contributed by atoms with Crippen molar-refractivity contribution in [1.29, 1.82) is 5.26 Å². The normalized spacial score (nSPS) is 12.8. The van der Waals surface area contributed by atoms with Crippen molar-refractivity contribution in [3.05, 3.63) is 71.2 Å². The Bertz CT molecular complexity index is 1370. The van der Waals surface area contributed by atoms with Gasteiger partial charge in [-0.25, -0.2) is 15.0 Å². The minimum absolute atomic E-state index is 0.0474. The number of aliphatic imine (C=N–C) groups is 1. The van der Waals surface area contributed by atoms with Gasteiger partial charge in [-0.2, -0.15) is 23.5 Å². The SMILES string of the molecule is C[C@H](Nc1nc(/C(C=NCc2cccc(C(F)(F)F)n2)=N/N)cc(-c2cccc(C#N)c2)n1)C(=O)O. The van der Waals surface area contributed by atoms with Crippen molar-refractivity contribution < 1.29 is 23.1 Å². The van der Waals surface area contributed by atoms with Crippen molar-refractivity contribution in [1.82, 2.24) is 15.0 Å². The molecule has 3 rings (SSSR count). The Kier molecular flexibility index (Phi) is 7.90. The van der Waals surface area contributed by atoms with Gasteiger partial charge in [0.15, 0.2) is 0 Å². The summed E-state index contributed by atoms with van der Waals surface area (Å²) in [5.74, 6) is 4.33. The largest absolute Gasteiger partial charge is 0.480 e. The highest BCUT2D eigenvalue weighted by atomic mass is 19.4. The van der Waals surface area contributed by atoms with Crippen molar-refractivity contribution in [3.8, 4) is 17.3 Å². The topological polar surface area (TPSA) is 163 Å². The van der Waals surface area contributed by atoms with E-state index in [-0.39, 0.29) is 29.6 Å². The van der Waals surface area contributed by atoms with E-state index in [0.29, 0.717) is 16.8 Å². The lowest BCUT2D eigenvalue weighted by Gasteiger charge is -2.12. The Balaban J connectivity index is 1.95. The number of rotatable bonds is 8. The first kappa shape index (κ1) is 25.8. The van der Waals surface area contributed by atoms with Gasteiger partial charge < -0.3 is 16.3 Å². The Morgan fingerprint density at radius 1 is 1.22 bits per heavy atom. The summed E-state index contributed by atoms with van der Waals surface area (Å²) >= 11 is 0. The van der Waals surface area contributed by atoms with Gasteiger partial charge in [0.2, 0.25) is 5.95 Å². The van der Waals surface area contributed by atoms with E-state index in [1.165, 1.54) is 31.3 Å². The van der Waals surface area contributed by atoms with Crippen LogP contribution >= 0.6 is 0 Å². The van der Waals surface area contributed by atoms with Gasteiger partial charge in [0.25, 0.3) is 0 Å². The second kappa shape index (κ2) is 11.0. The Hall–Kier alpha value is -4.86. The molecule has 0 spiro atoms. The van der Waals surface area contributed by atoms with Crippen LogP contribution in [0.1, 0.15) is 29.6 Å². The first-order valence-electron chi connectivity index (χ1n) is 10.3. The van der Waals surface area contributed by atoms with Crippen molar-refractivity contribution in [2.45, 2.75) is 25.7 Å². The van der Waals surface area contributed by atoms with Crippen molar-refractivity contribution >= 4 is 23.8 Å². The number of hydrogen-bond donors (Lipinski definition) is 3. The molecule has 2 heterocycles. The number of benzene rings is 1. The zero-order chi connectivity index (χ0) is 26.3. The molecular formula is C23H19F3N8O2. The maximum absolute atomic E-state index is 12.9. The minimum atomic E-state index is -4.58. The predicted molar refractivity (Wildman–Crippen MR) is 125 cm³/mol. The third-order valence-electron chi connectivity index (χ3n) is 4.70. The number of nitriles is 1. The molecule has 184 valence electrons. The van der Waals surface area contributed by atoms with Gasteiger partial charge in [0, 0.05) is 5.56 Å². The van der Waals surface area contributed by atoms with E-state index in [0.717, 1.165) is 6.07 Å². The van der Waals surface area contributed by atoms with E-state index in [1.807, 2.05) is 6.07 Å². The van der Waals surface area contributed by atoms with Gasteiger partial charge >= 0.3 is 12.1 Å². The van der Waals surface area contributed by atoms with Gasteiger partial charge in [-0.15, -0.1) is 0 Å². The average Bonchev–Trinajstić information content (AvgIpc) is 2.86. The fraction of sp³-hybridized carbons (Fsp3) is 0.174. The number of carboxylic acid groups (broad SMARTS) is 1. The molecule has 0 aliphatic carbocycles. The number of alkyl halides is 3. The van der Waals surface area contributed by atoms with Gasteiger partial charge in [-0.05, 0) is 37.3 Å². The lowest BCUT2D eigenvalue weighted by Crippen LogP contribution is -2.27. The number of nitrogens with one attached hydrogen (secondary N) is 1. The zero-order valence-corrected chi connectivity index (χ0v) is 18.7. The molecule has 13 heteroatoms. The molecular weight excluding hydrogens is 477 g/mol. The number of nitrogens with zero attached hydrogens (tertiary/aromatic N) is 6. The summed E-state index contributed by atoms with van der Waals surface area (Å²) < 4.78 is 38.7. The minimum Gasteiger partial charge on any atom is -0.480 e. The molecule has 0 fully saturated rings. The van der Waals surface area contributed by atoms with Crippen LogP contribution in [0.4, 0.5) is 19.1 Å². The van der Waals surface area contributed by atoms with Crippen molar-refractivity contribution in [3.63, 3.8) is 0 Å². The molecule has 3 aromatic rings. The highest BCUT2D eigenvalue weighted by molar-refractivity contribution is 6.37. The molecule has 0 radical (unpaired) electrons. The molecule has 1 aromatic carbocycles. The highest BCUT2D eigenvalue weighted by Crippen LogP contribution is 2.27. The van der Waals surface area contributed by atoms with E-state index in [9.17, 15) is 28.3 Å². The second-order valence-electron chi connectivity index (χ2n) is 7.35. The monoisotopic (exact) mass is 496 g/mol. The Morgan fingerprint density at radius 3 is 2.64 bits per heavy atom. The molecule has 4 N–H and O–H groups in total. The van der Waals surface area contributed by atoms with Crippen LogP contribution in [0.25, 0.3) is 11.3 Å². The summed E-state index contributed by atoms with van der Waals surface area (Å²) in [6, 6.07) is 12.5. The lowest BCUT2D eigenvalue weighted by atomic mass is 10.1. The molecule has 0 saturated carbocycles. The number of carbonyl (C=O) groups is 1. The molecule has 1 atom stereocenters. The fourth-order valence-electron chi connectivity index (χ4n) is 2.91. The molecule has 0 amide bonds. The van der Waals surface area contributed by atoms with Crippen LogP contribution in [0.15, 0.2) is 58.6 Å². The smallest absolute Gasteiger partial charge is 0.433 e. The van der Waals surface area contributed by atoms with E-state index < -0.39 is 23.9 Å². The third-order valence-corrected chi connectivity index (χ3v) is 4.70. The average molecular weight is 496 g/mol. The lowest BCUT2D eigenvalue weighted by molar-refractivity contribution is -0.141. The van der Waals surface area contributed by atoms with Gasteiger partial charge in [-0.3, -0.25) is 9.79 Å². The van der Waals surface area contributed by atoms with E-state index in [1.54, 1.807) is 24.3 Å². The molecule has 0 unspecified atom stereocenters. The number of nitrogens with two attached hydrogens (primary N) is 1. The second-order valence-corrected chi connectivity index (χ2v) is 7.35. The van der Waals surface area contributed by atoms with E-state index in [2.05, 4.69) is 30.4 Å². The van der Waals surface area contributed by atoms with Crippen LogP contribution in [0.5, 0.6) is 0 Å². The first-order chi connectivity index (χ1) is 17.1. The number of anilines is 1. The van der Waals surface area contributed by atoms with Gasteiger partial charge in [-0.1, -0.05) is 18.2 Å². The van der Waals surface area contributed by atoms with Crippen molar-refractivity contribution in [2.24, 2.45) is 15.9 Å². The van der Waals surface area contributed by atoms with Crippen LogP contribution in [0.3, 0.4) is 0 Å². The standard InChI is InChI=1S/C23H19F3N8O2/c1-13(21(35)36)30-22-32-17(15-5-2-4-14(8-15)10-27)9-18(33-22)19(34-28)12-29-11-16-6-3-7-20(31-16)23(24,25)26/h2-9,12-13H,11,28H2,1H3,(H,35,36)(H,30,32,33)/b29-12?,34-19+/t13-/m0/s1. The molecule has 36 heavy (non-hydrogen) atoms. The summed E-state index contributed by atoms with van der Waals surface area (Å²) in [7, 11) is 0. The number of halogens is 3. The summed E-state index contributed by atoms with van der Waals surface area (Å²) in [5.41, 5.74) is 0.511. The number of pyridine rings is 1. The number of hydrazone groups is 1. The summed E-state index contributed by atoms with van der Waals surface area (Å²) in [6.45, 7) is 1.21. The van der Waals surface area contributed by atoms with E-state index >= 15 is 0 Å². The van der Waals surface area contributed by atoms with Crippen molar-refractivity contribution in [2.75, 3.05) is 5.32 Å². The molecule has 0 aliphatic rings. The van der Waals surface area contributed by atoms with Crippen LogP contribution in [-0.4, -0.2) is 44.0 Å². The number of aromatic nitrogens is 3. The number of aliphatic carboxylic acids is 1. The molecule has 0 bridgehead atoms. The molecule has 0 aliphatic heterocycles. The van der Waals surface area contributed by atoms with Crippen LogP contribution in [-0.2, 0) is 17.5 Å². The summed E-state index contributed by atoms with van der Waals surface area (Å²) in [4.78, 5) is 27.5. The Labute approximate surface area is 203 Å². The van der Waals surface area contributed by atoms with E-state index in [4.69, 9.17) is 5.84 Å². The fourth-order valence-corrected chi connectivity index (χ4v) is 2.91. The summed E-state index contributed by atoms with van der Waals surface area (Å²) in [6.07, 6.45) is -3.37. The molecule has 2 aromatic heterocycles. The molecule has 10 nitrogen and oxygen atoms in total. The van der Waals surface area contributed by atoms with Gasteiger partial charge in [0.1, 0.15) is 17.4 Å². The Morgan fingerprint density at radius 2 is 1.97 bits per heavy atom. The maximum Gasteiger partial charge on any atom is 0.433 e. The first-order valence-corrected chi connectivity index (χ1v) is 10.3.